The van der Waals surface area contributed by atoms with Gasteiger partial charge in [0.2, 0.25) is 5.69 Å². The Morgan fingerprint density at radius 2 is 1.65 bits per heavy atom. The molecule has 134 valence electrons. The molecule has 0 bridgehead atoms. The molecule has 1 heteroatoms. The average molecular weight is 348 g/mol. The number of hydrogen-bond donors (Lipinski definition) is 0. The lowest BCUT2D eigenvalue weighted by molar-refractivity contribution is -0.660. The Hall–Kier alpha value is -2.41. The smallest absolute Gasteiger partial charge is 0.201 e. The summed E-state index contributed by atoms with van der Waals surface area (Å²) in [5, 5.41) is 0. The number of nitrogens with zero attached hydrogens (tertiary/aromatic N) is 1. The topological polar surface area (TPSA) is 3.88 Å². The van der Waals surface area contributed by atoms with Crippen LogP contribution in [0, 0.1) is 26.6 Å². The highest BCUT2D eigenvalue weighted by Crippen LogP contribution is 2.31. The van der Waals surface area contributed by atoms with E-state index in [-0.39, 0.29) is 0 Å². The zero-order valence-electron chi connectivity index (χ0n) is 19.4. The lowest BCUT2D eigenvalue weighted by atomic mass is 9.91. The van der Waals surface area contributed by atoms with Crippen molar-refractivity contribution in [3.05, 3.63) is 77.0 Å². The van der Waals surface area contributed by atoms with Gasteiger partial charge >= 0.3 is 0 Å². The number of pyridine rings is 1. The molecule has 0 spiro atoms. The molecular weight excluding hydrogens is 314 g/mol. The lowest BCUT2D eigenvalue weighted by Gasteiger charge is -2.14. The fourth-order valence-corrected chi connectivity index (χ4v) is 3.59. The molecule has 3 rings (SSSR count). The maximum atomic E-state index is 8.04. The molecule has 1 nitrogen and oxygen atoms in total. The van der Waals surface area contributed by atoms with Crippen molar-refractivity contribution in [2.24, 2.45) is 13.0 Å². The SMILES string of the molecule is [2H]C([2H])([2H])c1cc(C)c(-c2cc(CC(C)C)c(C)c[n+]2C)cc1-c1ccccc1. The van der Waals surface area contributed by atoms with Gasteiger partial charge in [-0.25, -0.2) is 4.57 Å². The minimum absolute atomic E-state index is 0.405. The third-order valence-corrected chi connectivity index (χ3v) is 4.94. The first-order valence-corrected chi connectivity index (χ1v) is 9.28. The monoisotopic (exact) mass is 347 g/mol. The van der Waals surface area contributed by atoms with Crippen LogP contribution in [0.5, 0.6) is 0 Å². The van der Waals surface area contributed by atoms with Gasteiger partial charge in [0, 0.05) is 21.3 Å². The molecule has 3 aromatic rings. The van der Waals surface area contributed by atoms with Crippen molar-refractivity contribution in [1.29, 1.82) is 0 Å². The van der Waals surface area contributed by atoms with Crippen LogP contribution in [0.1, 0.15) is 40.2 Å². The summed E-state index contributed by atoms with van der Waals surface area (Å²) in [6.07, 6.45) is 3.20. The normalized spacial score (nSPS) is 13.4. The maximum absolute atomic E-state index is 8.04. The van der Waals surface area contributed by atoms with Crippen molar-refractivity contribution >= 4 is 0 Å². The van der Waals surface area contributed by atoms with Crippen molar-refractivity contribution in [2.45, 2.75) is 41.0 Å². The summed E-state index contributed by atoms with van der Waals surface area (Å²) < 4.78 is 26.3. The Labute approximate surface area is 162 Å². The highest BCUT2D eigenvalue weighted by Gasteiger charge is 2.18. The van der Waals surface area contributed by atoms with Gasteiger partial charge in [0.05, 0.1) is 0 Å². The van der Waals surface area contributed by atoms with Gasteiger partial charge in [-0.1, -0.05) is 50.2 Å². The van der Waals surface area contributed by atoms with Gasteiger partial charge in [0.1, 0.15) is 7.05 Å². The molecule has 1 aromatic heterocycles. The third kappa shape index (κ3) is 3.72. The summed E-state index contributed by atoms with van der Waals surface area (Å²) in [7, 11) is 2.06. The van der Waals surface area contributed by atoms with Crippen LogP contribution in [-0.2, 0) is 13.5 Å². The molecule has 0 saturated heterocycles. The molecule has 0 aliphatic rings. The van der Waals surface area contributed by atoms with Crippen LogP contribution >= 0.6 is 0 Å². The average Bonchev–Trinajstić information content (AvgIpc) is 2.64. The number of hydrogen-bond acceptors (Lipinski definition) is 0. The molecule has 1 heterocycles. The summed E-state index contributed by atoms with van der Waals surface area (Å²) in [5.41, 5.74) is 7.89. The van der Waals surface area contributed by atoms with E-state index < -0.39 is 6.85 Å². The van der Waals surface area contributed by atoms with Crippen LogP contribution in [-0.4, -0.2) is 0 Å². The van der Waals surface area contributed by atoms with Gasteiger partial charge in [0.15, 0.2) is 6.20 Å². The first-order valence-electron chi connectivity index (χ1n) is 10.8. The Morgan fingerprint density at radius 3 is 2.31 bits per heavy atom. The minimum Gasteiger partial charge on any atom is -0.201 e. The first kappa shape index (κ1) is 14.7. The summed E-state index contributed by atoms with van der Waals surface area (Å²) >= 11 is 0. The van der Waals surface area contributed by atoms with Gasteiger partial charge in [-0.2, -0.15) is 0 Å². The third-order valence-electron chi connectivity index (χ3n) is 4.94. The highest BCUT2D eigenvalue weighted by molar-refractivity contribution is 5.75. The maximum Gasteiger partial charge on any atom is 0.212 e. The van der Waals surface area contributed by atoms with Crippen molar-refractivity contribution < 1.29 is 8.68 Å². The van der Waals surface area contributed by atoms with Crippen molar-refractivity contribution in [1.82, 2.24) is 0 Å². The Morgan fingerprint density at radius 1 is 0.923 bits per heavy atom. The Bertz CT molecular complexity index is 1020. The van der Waals surface area contributed by atoms with Gasteiger partial charge in [0.25, 0.3) is 0 Å². The van der Waals surface area contributed by atoms with Crippen molar-refractivity contribution in [3.63, 3.8) is 0 Å². The van der Waals surface area contributed by atoms with Gasteiger partial charge in [-0.05, 0) is 66.9 Å². The molecule has 26 heavy (non-hydrogen) atoms. The second-order valence-electron chi connectivity index (χ2n) is 7.65. The summed E-state index contributed by atoms with van der Waals surface area (Å²) in [6.45, 7) is 6.46. The quantitative estimate of drug-likeness (QED) is 0.512. The zero-order chi connectivity index (χ0) is 21.3. The Balaban J connectivity index is 2.26. The summed E-state index contributed by atoms with van der Waals surface area (Å²) in [4.78, 5) is 0. The fourth-order valence-electron chi connectivity index (χ4n) is 3.59. The fraction of sp³-hybridized carbons (Fsp3) is 0.320. The summed E-state index contributed by atoms with van der Waals surface area (Å²) in [5.74, 6) is 0.577. The predicted molar refractivity (Wildman–Crippen MR) is 111 cm³/mol. The first-order chi connectivity index (χ1) is 13.6. The molecule has 0 radical (unpaired) electrons. The molecular formula is C25H30N+. The molecule has 0 fully saturated rings. The molecule has 0 unspecified atom stereocenters. The van der Waals surface area contributed by atoms with Gasteiger partial charge < -0.3 is 0 Å². The molecule has 2 aromatic carbocycles. The number of rotatable bonds is 4. The predicted octanol–water partition coefficient (Wildman–Crippen LogP) is 5.97. The van der Waals surface area contributed by atoms with E-state index in [0.717, 1.165) is 34.4 Å². The molecule has 0 N–H and O–H groups in total. The number of benzene rings is 2. The van der Waals surface area contributed by atoms with Crippen LogP contribution in [0.15, 0.2) is 54.7 Å². The van der Waals surface area contributed by atoms with E-state index in [0.29, 0.717) is 11.5 Å². The van der Waals surface area contributed by atoms with Crippen LogP contribution < -0.4 is 4.57 Å². The zero-order valence-corrected chi connectivity index (χ0v) is 16.4. The lowest BCUT2D eigenvalue weighted by Crippen LogP contribution is -2.32. The Kier molecular flexibility index (Phi) is 4.22. The molecule has 0 atom stereocenters. The second kappa shape index (κ2) is 7.45. The number of aryl methyl sites for hydroxylation is 4. The highest BCUT2D eigenvalue weighted by atomic mass is 14.9. The van der Waals surface area contributed by atoms with Gasteiger partial charge in [-0.15, -0.1) is 0 Å². The van der Waals surface area contributed by atoms with Crippen LogP contribution in [0.3, 0.4) is 0 Å². The van der Waals surface area contributed by atoms with Crippen LogP contribution in [0.25, 0.3) is 22.4 Å². The molecule has 0 amide bonds. The van der Waals surface area contributed by atoms with E-state index in [2.05, 4.69) is 50.7 Å². The van der Waals surface area contributed by atoms with Crippen LogP contribution in [0.2, 0.25) is 0 Å². The molecule has 0 saturated carbocycles. The largest absolute Gasteiger partial charge is 0.212 e. The van der Waals surface area contributed by atoms with E-state index in [9.17, 15) is 0 Å². The molecule has 0 aliphatic carbocycles. The standard InChI is InChI=1S/C25H30N/c1-17(2)12-22-14-25(26(6)16-20(22)5)24-15-23(18(3)13-19(24)4)21-10-8-7-9-11-21/h7-11,13-17H,12H2,1-6H3/q+1/i3D3. The van der Waals surface area contributed by atoms with Crippen molar-refractivity contribution in [2.75, 3.05) is 0 Å². The summed E-state index contributed by atoms with van der Waals surface area (Å²) in [6, 6.07) is 16.0. The molecule has 0 aliphatic heterocycles. The van der Waals surface area contributed by atoms with Crippen LogP contribution in [0.4, 0.5) is 0 Å². The van der Waals surface area contributed by atoms with E-state index >= 15 is 0 Å². The van der Waals surface area contributed by atoms with E-state index in [1.165, 1.54) is 11.1 Å². The van der Waals surface area contributed by atoms with Crippen molar-refractivity contribution in [3.8, 4) is 22.4 Å². The van der Waals surface area contributed by atoms with E-state index in [1.807, 2.05) is 43.3 Å². The minimum atomic E-state index is -2.16. The van der Waals surface area contributed by atoms with E-state index in [4.69, 9.17) is 4.11 Å². The second-order valence-corrected chi connectivity index (χ2v) is 7.65. The van der Waals surface area contributed by atoms with E-state index in [1.54, 1.807) is 0 Å². The number of aromatic nitrogens is 1. The van der Waals surface area contributed by atoms with Gasteiger partial charge in [-0.3, -0.25) is 0 Å².